The van der Waals surface area contributed by atoms with Crippen LogP contribution in [0.5, 0.6) is 0 Å². The molecular weight excluding hydrogens is 238 g/mol. The molecule has 3 rings (SSSR count). The van der Waals surface area contributed by atoms with E-state index in [-0.39, 0.29) is 11.8 Å². The number of hydrogen-bond acceptors (Lipinski definition) is 5. The van der Waals surface area contributed by atoms with Gasteiger partial charge in [-0.3, -0.25) is 4.79 Å². The van der Waals surface area contributed by atoms with Crippen LogP contribution in [0.25, 0.3) is 0 Å². The van der Waals surface area contributed by atoms with Crippen LogP contribution in [0, 0.1) is 0 Å². The third-order valence-electron chi connectivity index (χ3n) is 2.95. The molecule has 1 unspecified atom stereocenters. The summed E-state index contributed by atoms with van der Waals surface area (Å²) in [4.78, 5) is 18.8. The number of thiophene rings is 1. The van der Waals surface area contributed by atoms with E-state index in [1.54, 1.807) is 0 Å². The normalized spacial score (nSPS) is 19.8. The van der Waals surface area contributed by atoms with Crippen molar-refractivity contribution in [1.29, 1.82) is 0 Å². The first-order valence-electron chi connectivity index (χ1n) is 5.43. The summed E-state index contributed by atoms with van der Waals surface area (Å²) in [6.07, 6.45) is 2.23. The third-order valence-corrected chi connectivity index (χ3v) is 3.81. The van der Waals surface area contributed by atoms with Gasteiger partial charge in [0.2, 0.25) is 6.39 Å². The van der Waals surface area contributed by atoms with Crippen LogP contribution >= 0.6 is 11.3 Å². The van der Waals surface area contributed by atoms with Crippen molar-refractivity contribution >= 4 is 17.2 Å². The highest BCUT2D eigenvalue weighted by molar-refractivity contribution is 7.12. The quantitative estimate of drug-likeness (QED) is 0.813. The second kappa shape index (κ2) is 4.29. The molecule has 1 amide bonds. The van der Waals surface area contributed by atoms with Gasteiger partial charge in [-0.25, -0.2) is 0 Å². The van der Waals surface area contributed by atoms with Crippen molar-refractivity contribution in [2.75, 3.05) is 13.1 Å². The molecule has 1 aliphatic rings. The van der Waals surface area contributed by atoms with Crippen LogP contribution in [0.2, 0.25) is 0 Å². The second-order valence-electron chi connectivity index (χ2n) is 4.00. The highest BCUT2D eigenvalue weighted by atomic mass is 32.1. The molecule has 1 fully saturated rings. The van der Waals surface area contributed by atoms with Crippen molar-refractivity contribution in [3.63, 3.8) is 0 Å². The molecule has 0 spiro atoms. The number of carbonyl (C=O) groups is 1. The van der Waals surface area contributed by atoms with Crippen molar-refractivity contribution in [3.8, 4) is 0 Å². The van der Waals surface area contributed by atoms with Gasteiger partial charge in [-0.2, -0.15) is 4.98 Å². The Morgan fingerprint density at radius 1 is 1.59 bits per heavy atom. The van der Waals surface area contributed by atoms with E-state index in [2.05, 4.69) is 10.1 Å². The van der Waals surface area contributed by atoms with Crippen LogP contribution in [0.15, 0.2) is 28.4 Å². The molecule has 1 atom stereocenters. The Hall–Kier alpha value is -1.69. The van der Waals surface area contributed by atoms with Gasteiger partial charge in [0.25, 0.3) is 5.91 Å². The summed E-state index contributed by atoms with van der Waals surface area (Å²) in [6, 6.07) is 3.75. The van der Waals surface area contributed by atoms with Crippen molar-refractivity contribution in [2.24, 2.45) is 0 Å². The van der Waals surface area contributed by atoms with Crippen molar-refractivity contribution in [1.82, 2.24) is 15.0 Å². The minimum atomic E-state index is 0.103. The van der Waals surface area contributed by atoms with Crippen LogP contribution in [0.4, 0.5) is 0 Å². The lowest BCUT2D eigenvalue weighted by Crippen LogP contribution is -2.27. The summed E-state index contributed by atoms with van der Waals surface area (Å²) in [7, 11) is 0. The molecule has 0 N–H and O–H groups in total. The van der Waals surface area contributed by atoms with Crippen molar-refractivity contribution in [2.45, 2.75) is 12.3 Å². The van der Waals surface area contributed by atoms with E-state index in [1.165, 1.54) is 17.7 Å². The van der Waals surface area contributed by atoms with E-state index in [0.717, 1.165) is 17.8 Å². The maximum absolute atomic E-state index is 12.1. The Morgan fingerprint density at radius 2 is 2.53 bits per heavy atom. The first-order chi connectivity index (χ1) is 8.34. The summed E-state index contributed by atoms with van der Waals surface area (Å²) >= 11 is 1.48. The van der Waals surface area contributed by atoms with E-state index >= 15 is 0 Å². The average Bonchev–Trinajstić information content (AvgIpc) is 3.09. The maximum Gasteiger partial charge on any atom is 0.263 e. The SMILES string of the molecule is O=C(c1cccs1)N1CCC(c2ncon2)C1. The minimum Gasteiger partial charge on any atom is -0.343 e. The Bertz CT molecular complexity index is 495. The molecule has 1 saturated heterocycles. The number of amides is 1. The highest BCUT2D eigenvalue weighted by Gasteiger charge is 2.30. The number of carbonyl (C=O) groups excluding carboxylic acids is 1. The molecule has 2 aromatic heterocycles. The van der Waals surface area contributed by atoms with Crippen LogP contribution in [0.3, 0.4) is 0 Å². The molecular formula is C11H11N3O2S. The summed E-state index contributed by atoms with van der Waals surface area (Å²) in [6.45, 7) is 1.44. The van der Waals surface area contributed by atoms with Crippen LogP contribution < -0.4 is 0 Å². The van der Waals surface area contributed by atoms with E-state index in [1.807, 2.05) is 22.4 Å². The number of likely N-dealkylation sites (tertiary alicyclic amines) is 1. The lowest BCUT2D eigenvalue weighted by Gasteiger charge is -2.14. The molecule has 0 aromatic carbocycles. The Balaban J connectivity index is 1.70. The zero-order valence-electron chi connectivity index (χ0n) is 9.07. The van der Waals surface area contributed by atoms with Gasteiger partial charge in [-0.15, -0.1) is 11.3 Å². The van der Waals surface area contributed by atoms with Crippen LogP contribution in [0.1, 0.15) is 27.8 Å². The Labute approximate surface area is 102 Å². The van der Waals surface area contributed by atoms with Gasteiger partial charge < -0.3 is 9.42 Å². The zero-order chi connectivity index (χ0) is 11.7. The number of rotatable bonds is 2. The first kappa shape index (κ1) is 10.5. The van der Waals surface area contributed by atoms with E-state index in [4.69, 9.17) is 4.52 Å². The highest BCUT2D eigenvalue weighted by Crippen LogP contribution is 2.26. The molecule has 5 nitrogen and oxygen atoms in total. The molecule has 1 aliphatic heterocycles. The first-order valence-corrected chi connectivity index (χ1v) is 6.31. The minimum absolute atomic E-state index is 0.103. The third kappa shape index (κ3) is 1.95. The molecule has 88 valence electrons. The van der Waals surface area contributed by atoms with Crippen LogP contribution in [-0.4, -0.2) is 34.0 Å². The number of nitrogens with zero attached hydrogens (tertiary/aromatic N) is 3. The van der Waals surface area contributed by atoms with Crippen molar-refractivity contribution in [3.05, 3.63) is 34.6 Å². The largest absolute Gasteiger partial charge is 0.343 e. The number of aromatic nitrogens is 2. The summed E-state index contributed by atoms with van der Waals surface area (Å²) in [5.74, 6) is 1.01. The molecule has 0 radical (unpaired) electrons. The standard InChI is InChI=1S/C11H11N3O2S/c15-11(9-2-1-5-17-9)14-4-3-8(6-14)10-12-7-16-13-10/h1-2,5,7-8H,3-4,6H2. The fourth-order valence-electron chi connectivity index (χ4n) is 2.07. The monoisotopic (exact) mass is 249 g/mol. The Kier molecular flexibility index (Phi) is 2.64. The topological polar surface area (TPSA) is 59.2 Å². The predicted molar refractivity (Wildman–Crippen MR) is 61.9 cm³/mol. The lowest BCUT2D eigenvalue weighted by atomic mass is 10.1. The Morgan fingerprint density at radius 3 is 3.24 bits per heavy atom. The molecule has 0 bridgehead atoms. The van der Waals surface area contributed by atoms with Gasteiger partial charge in [-0.05, 0) is 17.9 Å². The van der Waals surface area contributed by atoms with Crippen molar-refractivity contribution < 1.29 is 9.32 Å². The lowest BCUT2D eigenvalue weighted by molar-refractivity contribution is 0.0795. The maximum atomic E-state index is 12.1. The smallest absolute Gasteiger partial charge is 0.263 e. The molecule has 17 heavy (non-hydrogen) atoms. The van der Waals surface area contributed by atoms with Crippen LogP contribution in [-0.2, 0) is 0 Å². The summed E-state index contributed by atoms with van der Waals surface area (Å²) in [5, 5.41) is 5.75. The summed E-state index contributed by atoms with van der Waals surface area (Å²) < 4.78 is 4.73. The fourth-order valence-corrected chi connectivity index (χ4v) is 2.76. The van der Waals surface area contributed by atoms with Gasteiger partial charge in [-0.1, -0.05) is 11.2 Å². The van der Waals surface area contributed by atoms with Gasteiger partial charge in [0.05, 0.1) is 4.88 Å². The fraction of sp³-hybridized carbons (Fsp3) is 0.364. The van der Waals surface area contributed by atoms with Gasteiger partial charge in [0.15, 0.2) is 5.82 Å². The molecule has 2 aromatic rings. The zero-order valence-corrected chi connectivity index (χ0v) is 9.89. The molecule has 3 heterocycles. The predicted octanol–water partition coefficient (Wildman–Crippen LogP) is 1.76. The summed E-state index contributed by atoms with van der Waals surface area (Å²) in [5.41, 5.74) is 0. The number of hydrogen-bond donors (Lipinski definition) is 0. The van der Waals surface area contributed by atoms with E-state index in [9.17, 15) is 4.79 Å². The van der Waals surface area contributed by atoms with Gasteiger partial charge >= 0.3 is 0 Å². The average molecular weight is 249 g/mol. The van der Waals surface area contributed by atoms with E-state index < -0.39 is 0 Å². The van der Waals surface area contributed by atoms with Gasteiger partial charge in [0.1, 0.15) is 0 Å². The molecule has 0 aliphatic carbocycles. The van der Waals surface area contributed by atoms with E-state index in [0.29, 0.717) is 12.4 Å². The van der Waals surface area contributed by atoms with Gasteiger partial charge in [0, 0.05) is 19.0 Å². The molecule has 6 heteroatoms. The second-order valence-corrected chi connectivity index (χ2v) is 4.95. The molecule has 0 saturated carbocycles.